The van der Waals surface area contributed by atoms with E-state index in [1.165, 1.54) is 11.3 Å². The molecule has 0 saturated carbocycles. The van der Waals surface area contributed by atoms with E-state index in [0.29, 0.717) is 13.2 Å². The van der Waals surface area contributed by atoms with E-state index in [9.17, 15) is 0 Å². The molecule has 0 aliphatic carbocycles. The Balaban J connectivity index is 2.23. The smallest absolute Gasteiger partial charge is 0.205 e. The van der Waals surface area contributed by atoms with Crippen LogP contribution >= 0.6 is 11.3 Å². The molecule has 0 bridgehead atoms. The number of rotatable bonds is 6. The lowest BCUT2D eigenvalue weighted by molar-refractivity contribution is 0.0365. The molecule has 1 rings (SSSR count). The zero-order valence-corrected chi connectivity index (χ0v) is 8.50. The molecule has 13 heavy (non-hydrogen) atoms. The van der Waals surface area contributed by atoms with Crippen LogP contribution in [0, 0.1) is 0 Å². The molecule has 1 N–H and O–H groups in total. The maximum absolute atomic E-state index is 5.16. The van der Waals surface area contributed by atoms with Gasteiger partial charge in [-0.3, -0.25) is 0 Å². The van der Waals surface area contributed by atoms with Crippen LogP contribution in [-0.2, 0) is 9.47 Å². The van der Waals surface area contributed by atoms with E-state index in [1.54, 1.807) is 19.7 Å². The molecule has 0 aliphatic rings. The van der Waals surface area contributed by atoms with Crippen LogP contribution in [0.5, 0.6) is 0 Å². The third kappa shape index (κ3) is 3.67. The minimum Gasteiger partial charge on any atom is -0.382 e. The fourth-order valence-corrected chi connectivity index (χ4v) is 1.30. The van der Waals surface area contributed by atoms with E-state index in [1.807, 2.05) is 0 Å². The quantitative estimate of drug-likeness (QED) is 0.734. The van der Waals surface area contributed by atoms with Gasteiger partial charge in [-0.1, -0.05) is 11.3 Å². The Morgan fingerprint density at radius 3 is 3.00 bits per heavy atom. The van der Waals surface area contributed by atoms with Crippen LogP contribution in [0.3, 0.4) is 0 Å². The minimum atomic E-state index is 0.0499. The SMILES string of the molecule is COCC(CNc1nncs1)OC. The van der Waals surface area contributed by atoms with Gasteiger partial charge in [-0.15, -0.1) is 10.2 Å². The lowest BCUT2D eigenvalue weighted by Crippen LogP contribution is -2.26. The Bertz CT molecular complexity index is 218. The van der Waals surface area contributed by atoms with Gasteiger partial charge in [0.1, 0.15) is 5.51 Å². The number of nitrogens with zero attached hydrogens (tertiary/aromatic N) is 2. The lowest BCUT2D eigenvalue weighted by Gasteiger charge is -2.13. The van der Waals surface area contributed by atoms with Crippen LogP contribution in [0.25, 0.3) is 0 Å². The summed E-state index contributed by atoms with van der Waals surface area (Å²) < 4.78 is 10.1. The molecule has 0 fully saturated rings. The highest BCUT2D eigenvalue weighted by Crippen LogP contribution is 2.07. The summed E-state index contributed by atoms with van der Waals surface area (Å²) in [5, 5.41) is 11.5. The summed E-state index contributed by atoms with van der Waals surface area (Å²) in [5.74, 6) is 0. The highest BCUT2D eigenvalue weighted by atomic mass is 32.1. The van der Waals surface area contributed by atoms with E-state index in [0.717, 1.165) is 5.13 Å². The van der Waals surface area contributed by atoms with Crippen molar-refractivity contribution in [3.63, 3.8) is 0 Å². The molecule has 0 aromatic carbocycles. The van der Waals surface area contributed by atoms with Crippen molar-refractivity contribution >= 4 is 16.5 Å². The van der Waals surface area contributed by atoms with Crippen molar-refractivity contribution in [2.75, 3.05) is 32.7 Å². The number of hydrogen-bond acceptors (Lipinski definition) is 6. The summed E-state index contributed by atoms with van der Waals surface area (Å²) in [6, 6.07) is 0. The van der Waals surface area contributed by atoms with Gasteiger partial charge in [0.2, 0.25) is 5.13 Å². The average molecular weight is 203 g/mol. The lowest BCUT2D eigenvalue weighted by atomic mass is 10.4. The standard InChI is InChI=1S/C7H13N3O2S/c1-11-4-6(12-2)3-8-7-10-9-5-13-7/h5-6H,3-4H2,1-2H3,(H,8,10). The largest absolute Gasteiger partial charge is 0.382 e. The van der Waals surface area contributed by atoms with Gasteiger partial charge in [0.05, 0.1) is 12.7 Å². The zero-order valence-electron chi connectivity index (χ0n) is 7.69. The van der Waals surface area contributed by atoms with E-state index < -0.39 is 0 Å². The second kappa shape index (κ2) is 5.85. The predicted molar refractivity (Wildman–Crippen MR) is 51.1 cm³/mol. The molecular formula is C7H13N3O2S. The van der Waals surface area contributed by atoms with Gasteiger partial charge in [-0.2, -0.15) is 0 Å². The van der Waals surface area contributed by atoms with E-state index in [4.69, 9.17) is 9.47 Å². The monoisotopic (exact) mass is 203 g/mol. The normalized spacial score (nSPS) is 12.8. The Morgan fingerprint density at radius 1 is 1.62 bits per heavy atom. The van der Waals surface area contributed by atoms with Crippen molar-refractivity contribution in [1.82, 2.24) is 10.2 Å². The van der Waals surface area contributed by atoms with E-state index in [2.05, 4.69) is 15.5 Å². The first-order valence-corrected chi connectivity index (χ1v) is 4.76. The Hall–Kier alpha value is -0.720. The topological polar surface area (TPSA) is 56.3 Å². The third-order valence-corrected chi connectivity index (χ3v) is 2.18. The van der Waals surface area contributed by atoms with Crippen molar-refractivity contribution in [3.05, 3.63) is 5.51 Å². The highest BCUT2D eigenvalue weighted by molar-refractivity contribution is 7.13. The number of aromatic nitrogens is 2. The highest BCUT2D eigenvalue weighted by Gasteiger charge is 2.06. The van der Waals surface area contributed by atoms with Crippen molar-refractivity contribution < 1.29 is 9.47 Å². The van der Waals surface area contributed by atoms with Crippen LogP contribution in [0.2, 0.25) is 0 Å². The maximum atomic E-state index is 5.16. The van der Waals surface area contributed by atoms with Gasteiger partial charge in [-0.25, -0.2) is 0 Å². The number of hydrogen-bond donors (Lipinski definition) is 1. The molecule has 1 unspecified atom stereocenters. The fourth-order valence-electron chi connectivity index (χ4n) is 0.847. The molecule has 0 aliphatic heterocycles. The number of anilines is 1. The van der Waals surface area contributed by atoms with Crippen LogP contribution < -0.4 is 5.32 Å². The first kappa shape index (κ1) is 10.4. The first-order chi connectivity index (χ1) is 6.36. The number of methoxy groups -OCH3 is 2. The molecular weight excluding hydrogens is 190 g/mol. The van der Waals surface area contributed by atoms with Crippen LogP contribution in [0.4, 0.5) is 5.13 Å². The second-order valence-electron chi connectivity index (χ2n) is 2.44. The fraction of sp³-hybridized carbons (Fsp3) is 0.714. The van der Waals surface area contributed by atoms with Gasteiger partial charge in [0.15, 0.2) is 0 Å². The molecule has 74 valence electrons. The summed E-state index contributed by atoms with van der Waals surface area (Å²) in [4.78, 5) is 0. The van der Waals surface area contributed by atoms with Crippen molar-refractivity contribution in [2.45, 2.75) is 6.10 Å². The van der Waals surface area contributed by atoms with Gasteiger partial charge in [0.25, 0.3) is 0 Å². The van der Waals surface area contributed by atoms with Gasteiger partial charge in [-0.05, 0) is 0 Å². The summed E-state index contributed by atoms with van der Waals surface area (Å²) >= 11 is 1.46. The van der Waals surface area contributed by atoms with E-state index >= 15 is 0 Å². The average Bonchev–Trinajstić information content (AvgIpc) is 2.64. The molecule has 0 saturated heterocycles. The first-order valence-electron chi connectivity index (χ1n) is 3.88. The van der Waals surface area contributed by atoms with Gasteiger partial charge < -0.3 is 14.8 Å². The Labute approximate surface area is 81.1 Å². The van der Waals surface area contributed by atoms with Crippen molar-refractivity contribution in [3.8, 4) is 0 Å². The Kier molecular flexibility index (Phi) is 4.66. The molecule has 1 aromatic heterocycles. The Morgan fingerprint density at radius 2 is 2.46 bits per heavy atom. The summed E-state index contributed by atoms with van der Waals surface area (Å²) in [6.45, 7) is 1.25. The molecule has 0 radical (unpaired) electrons. The minimum absolute atomic E-state index is 0.0499. The van der Waals surface area contributed by atoms with Crippen LogP contribution in [0.15, 0.2) is 5.51 Å². The number of nitrogens with one attached hydrogen (secondary N) is 1. The molecule has 6 heteroatoms. The molecule has 1 heterocycles. The second-order valence-corrected chi connectivity index (χ2v) is 3.27. The summed E-state index contributed by atoms with van der Waals surface area (Å²) in [7, 11) is 3.31. The predicted octanol–water partition coefficient (Wildman–Crippen LogP) is 0.611. The van der Waals surface area contributed by atoms with Gasteiger partial charge >= 0.3 is 0 Å². The molecule has 1 atom stereocenters. The molecule has 0 spiro atoms. The van der Waals surface area contributed by atoms with Gasteiger partial charge in [0, 0.05) is 20.8 Å². The van der Waals surface area contributed by atoms with Crippen LogP contribution in [0.1, 0.15) is 0 Å². The molecule has 0 amide bonds. The van der Waals surface area contributed by atoms with Crippen LogP contribution in [-0.4, -0.2) is 43.7 Å². The van der Waals surface area contributed by atoms with Crippen molar-refractivity contribution in [2.24, 2.45) is 0 Å². The summed E-state index contributed by atoms with van der Waals surface area (Å²) in [5.41, 5.74) is 1.68. The third-order valence-electron chi connectivity index (χ3n) is 1.53. The van der Waals surface area contributed by atoms with Crippen molar-refractivity contribution in [1.29, 1.82) is 0 Å². The maximum Gasteiger partial charge on any atom is 0.205 e. The van der Waals surface area contributed by atoms with E-state index in [-0.39, 0.29) is 6.10 Å². The molecule has 1 aromatic rings. The zero-order chi connectivity index (χ0) is 9.52. The number of ether oxygens (including phenoxy) is 2. The molecule has 5 nitrogen and oxygen atoms in total. The summed E-state index contributed by atoms with van der Waals surface area (Å²) in [6.07, 6.45) is 0.0499.